The number of hydrogen-bond acceptors (Lipinski definition) is 3. The maximum atomic E-state index is 11.9. The summed E-state index contributed by atoms with van der Waals surface area (Å²) in [6, 6.07) is -0.756. The molecule has 0 radical (unpaired) electrons. The van der Waals surface area contributed by atoms with E-state index in [-0.39, 0.29) is 11.8 Å². The monoisotopic (exact) mass is 214 g/mol. The summed E-state index contributed by atoms with van der Waals surface area (Å²) in [6.45, 7) is 5.08. The first kappa shape index (κ1) is 12.0. The van der Waals surface area contributed by atoms with E-state index >= 15 is 0 Å². The molecule has 0 saturated carbocycles. The molecule has 0 aromatic rings. The summed E-state index contributed by atoms with van der Waals surface area (Å²) < 4.78 is 0. The molecule has 0 aliphatic carbocycles. The fraction of sp³-hybridized carbons (Fsp3) is 0.800. The van der Waals surface area contributed by atoms with Crippen molar-refractivity contribution in [2.24, 2.45) is 11.8 Å². The van der Waals surface area contributed by atoms with Crippen LogP contribution in [0, 0.1) is 11.8 Å². The highest BCUT2D eigenvalue weighted by Crippen LogP contribution is 2.18. The Labute approximate surface area is 89.4 Å². The van der Waals surface area contributed by atoms with Gasteiger partial charge in [0.25, 0.3) is 0 Å². The zero-order chi connectivity index (χ0) is 11.6. The number of nitrogens with one attached hydrogen (secondary N) is 1. The molecule has 1 saturated heterocycles. The van der Waals surface area contributed by atoms with Crippen molar-refractivity contribution in [3.63, 3.8) is 0 Å². The highest BCUT2D eigenvalue weighted by atomic mass is 16.4. The van der Waals surface area contributed by atoms with Crippen molar-refractivity contribution in [1.82, 2.24) is 10.2 Å². The fourth-order valence-corrected chi connectivity index (χ4v) is 1.54. The minimum atomic E-state index is -0.968. The number of hydrogen-bond donors (Lipinski definition) is 2. The van der Waals surface area contributed by atoms with Gasteiger partial charge in [0.15, 0.2) is 0 Å². The van der Waals surface area contributed by atoms with Gasteiger partial charge >= 0.3 is 5.97 Å². The topological polar surface area (TPSA) is 69.6 Å². The Kier molecular flexibility index (Phi) is 3.68. The second-order valence-corrected chi connectivity index (χ2v) is 4.17. The minimum Gasteiger partial charge on any atom is -0.480 e. The molecule has 5 heteroatoms. The number of aliphatic carboxylic acids is 1. The molecule has 1 rings (SSSR count). The van der Waals surface area contributed by atoms with E-state index in [9.17, 15) is 9.59 Å². The molecule has 1 aliphatic rings. The molecule has 0 aromatic carbocycles. The number of carbonyl (C=O) groups is 2. The third kappa shape index (κ3) is 2.47. The Hall–Kier alpha value is -1.10. The summed E-state index contributed by atoms with van der Waals surface area (Å²) in [5.41, 5.74) is 0. The highest BCUT2D eigenvalue weighted by Gasteiger charge is 2.33. The van der Waals surface area contributed by atoms with Crippen molar-refractivity contribution in [3.8, 4) is 0 Å². The van der Waals surface area contributed by atoms with E-state index in [1.165, 1.54) is 11.8 Å². The van der Waals surface area contributed by atoms with Crippen molar-refractivity contribution >= 4 is 11.9 Å². The van der Waals surface area contributed by atoms with Crippen LogP contribution in [0.2, 0.25) is 0 Å². The Balaban J connectivity index is 2.54. The van der Waals surface area contributed by atoms with Gasteiger partial charge in [-0.2, -0.15) is 0 Å². The van der Waals surface area contributed by atoms with Gasteiger partial charge in [-0.25, -0.2) is 4.79 Å². The van der Waals surface area contributed by atoms with E-state index < -0.39 is 12.0 Å². The molecule has 0 aromatic heterocycles. The number of carbonyl (C=O) groups excluding carboxylic acids is 1. The first-order valence-electron chi connectivity index (χ1n) is 5.15. The van der Waals surface area contributed by atoms with E-state index in [0.717, 1.165) is 13.1 Å². The summed E-state index contributed by atoms with van der Waals surface area (Å²) in [4.78, 5) is 23.9. The van der Waals surface area contributed by atoms with Gasteiger partial charge in [-0.1, -0.05) is 6.92 Å². The Morgan fingerprint density at radius 1 is 1.40 bits per heavy atom. The Bertz CT molecular complexity index is 263. The maximum absolute atomic E-state index is 11.9. The lowest BCUT2D eigenvalue weighted by molar-refractivity contribution is -0.150. The van der Waals surface area contributed by atoms with Crippen molar-refractivity contribution in [2.75, 3.05) is 20.1 Å². The van der Waals surface area contributed by atoms with Crippen molar-refractivity contribution < 1.29 is 14.7 Å². The summed E-state index contributed by atoms with van der Waals surface area (Å²) in [7, 11) is 1.55. The molecule has 1 aliphatic heterocycles. The van der Waals surface area contributed by atoms with Crippen LogP contribution in [0.1, 0.15) is 13.8 Å². The largest absolute Gasteiger partial charge is 0.480 e. The van der Waals surface area contributed by atoms with Gasteiger partial charge in [-0.05, 0) is 25.9 Å². The zero-order valence-corrected chi connectivity index (χ0v) is 9.36. The van der Waals surface area contributed by atoms with E-state index in [1.54, 1.807) is 7.05 Å². The number of carboxylic acids is 1. The van der Waals surface area contributed by atoms with Gasteiger partial charge in [-0.3, -0.25) is 4.79 Å². The lowest BCUT2D eigenvalue weighted by atomic mass is 9.88. The molecule has 86 valence electrons. The van der Waals surface area contributed by atoms with Gasteiger partial charge in [0.2, 0.25) is 5.91 Å². The molecule has 2 N–H and O–H groups in total. The average molecular weight is 214 g/mol. The number of nitrogens with zero attached hydrogens (tertiary/aromatic N) is 1. The van der Waals surface area contributed by atoms with Crippen LogP contribution >= 0.6 is 0 Å². The van der Waals surface area contributed by atoms with Crippen LogP contribution in [0.3, 0.4) is 0 Å². The quantitative estimate of drug-likeness (QED) is 0.678. The van der Waals surface area contributed by atoms with Crippen molar-refractivity contribution in [1.29, 1.82) is 0 Å². The van der Waals surface area contributed by atoms with E-state index in [2.05, 4.69) is 5.32 Å². The summed E-state index contributed by atoms with van der Waals surface area (Å²) in [5.74, 6) is -0.805. The summed E-state index contributed by atoms with van der Waals surface area (Å²) in [5, 5.41) is 11.9. The molecule has 15 heavy (non-hydrogen) atoms. The summed E-state index contributed by atoms with van der Waals surface area (Å²) >= 11 is 0. The van der Waals surface area contributed by atoms with Crippen LogP contribution in [0.15, 0.2) is 0 Å². The second-order valence-electron chi connectivity index (χ2n) is 4.17. The van der Waals surface area contributed by atoms with Crippen LogP contribution in [-0.4, -0.2) is 48.1 Å². The van der Waals surface area contributed by atoms with Gasteiger partial charge < -0.3 is 15.3 Å². The van der Waals surface area contributed by atoms with Crippen molar-refractivity contribution in [3.05, 3.63) is 0 Å². The van der Waals surface area contributed by atoms with Gasteiger partial charge in [0, 0.05) is 13.0 Å². The molecule has 1 heterocycles. The third-order valence-electron chi connectivity index (χ3n) is 3.20. The first-order chi connectivity index (χ1) is 6.95. The van der Waals surface area contributed by atoms with Crippen LogP contribution in [0.25, 0.3) is 0 Å². The number of amides is 1. The van der Waals surface area contributed by atoms with Gasteiger partial charge in [0.1, 0.15) is 6.04 Å². The molecule has 1 amide bonds. The fourth-order valence-electron chi connectivity index (χ4n) is 1.54. The highest BCUT2D eigenvalue weighted by molar-refractivity contribution is 5.84. The normalized spacial score (nSPS) is 20.2. The van der Waals surface area contributed by atoms with E-state index in [4.69, 9.17) is 5.11 Å². The first-order valence-corrected chi connectivity index (χ1v) is 5.15. The molecule has 0 spiro atoms. The molecule has 2 atom stereocenters. The molecule has 2 unspecified atom stereocenters. The average Bonchev–Trinajstić information content (AvgIpc) is 2.11. The van der Waals surface area contributed by atoms with Crippen molar-refractivity contribution in [2.45, 2.75) is 19.9 Å². The molecule has 5 nitrogen and oxygen atoms in total. The SMILES string of the molecule is CC(C(=O)N(C)C(C)C(=O)O)C1CNC1. The smallest absolute Gasteiger partial charge is 0.326 e. The van der Waals surface area contributed by atoms with Gasteiger partial charge in [0.05, 0.1) is 0 Å². The number of likely N-dealkylation sites (N-methyl/N-ethyl adjacent to an activating group) is 1. The molecular formula is C10H18N2O3. The van der Waals surface area contributed by atoms with Crippen LogP contribution in [-0.2, 0) is 9.59 Å². The molecule has 1 fully saturated rings. The summed E-state index contributed by atoms with van der Waals surface area (Å²) in [6.07, 6.45) is 0. The minimum absolute atomic E-state index is 0.0867. The molecule has 0 bridgehead atoms. The van der Waals surface area contributed by atoms with Crippen LogP contribution in [0.5, 0.6) is 0 Å². The Morgan fingerprint density at radius 3 is 2.27 bits per heavy atom. The number of carboxylic acid groups (broad SMARTS) is 1. The zero-order valence-electron chi connectivity index (χ0n) is 9.36. The molecular weight excluding hydrogens is 196 g/mol. The standard InChI is InChI=1S/C10H18N2O3/c1-6(8-4-11-5-8)9(13)12(3)7(2)10(14)15/h6-8,11H,4-5H2,1-3H3,(H,14,15). The van der Waals surface area contributed by atoms with E-state index in [0.29, 0.717) is 5.92 Å². The van der Waals surface area contributed by atoms with Crippen LogP contribution in [0.4, 0.5) is 0 Å². The lowest BCUT2D eigenvalue weighted by Crippen LogP contribution is -2.52. The van der Waals surface area contributed by atoms with Crippen LogP contribution < -0.4 is 5.32 Å². The number of rotatable bonds is 4. The Morgan fingerprint density at radius 2 is 1.93 bits per heavy atom. The van der Waals surface area contributed by atoms with Gasteiger partial charge in [-0.15, -0.1) is 0 Å². The predicted octanol–water partition coefficient (Wildman–Crippen LogP) is -0.227. The second kappa shape index (κ2) is 4.61. The predicted molar refractivity (Wildman–Crippen MR) is 55.4 cm³/mol. The lowest BCUT2D eigenvalue weighted by Gasteiger charge is -2.34. The third-order valence-corrected chi connectivity index (χ3v) is 3.20. The van der Waals surface area contributed by atoms with E-state index in [1.807, 2.05) is 6.92 Å². The maximum Gasteiger partial charge on any atom is 0.326 e.